The number of aryl methyl sites for hydroxylation is 1. The number of ketones is 2. The van der Waals surface area contributed by atoms with Crippen molar-refractivity contribution >= 4 is 11.6 Å². The van der Waals surface area contributed by atoms with Crippen molar-refractivity contribution in [3.05, 3.63) is 47.5 Å². The molecule has 24 heavy (non-hydrogen) atoms. The number of carbonyl (C=O) groups excluding carboxylic acids is 2. The largest absolute Gasteiger partial charge is 0.292 e. The number of hydrogen-bond acceptors (Lipinski definition) is 4. The normalized spacial score (nSPS) is 11.2. The van der Waals surface area contributed by atoms with Crippen LogP contribution in [-0.2, 0) is 6.42 Å². The summed E-state index contributed by atoms with van der Waals surface area (Å²) >= 11 is 0. The maximum Gasteiger partial charge on any atom is 0.181 e. The lowest BCUT2D eigenvalue weighted by molar-refractivity contribution is 0.0962. The van der Waals surface area contributed by atoms with Gasteiger partial charge in [0, 0.05) is 25.1 Å². The minimum Gasteiger partial charge on any atom is -0.292 e. The second-order valence-corrected chi connectivity index (χ2v) is 6.77. The Labute approximate surface area is 143 Å². The molecule has 0 fully saturated rings. The van der Waals surface area contributed by atoms with Crippen LogP contribution in [0.3, 0.4) is 0 Å². The van der Waals surface area contributed by atoms with Crippen LogP contribution in [0, 0.1) is 5.92 Å². The zero-order valence-electron chi connectivity index (χ0n) is 14.8. The summed E-state index contributed by atoms with van der Waals surface area (Å²) in [5, 5.41) is 4.28. The van der Waals surface area contributed by atoms with Gasteiger partial charge in [0.25, 0.3) is 0 Å². The third kappa shape index (κ3) is 4.85. The Kier molecular flexibility index (Phi) is 6.01. The third-order valence-corrected chi connectivity index (χ3v) is 3.74. The lowest BCUT2D eigenvalue weighted by Crippen LogP contribution is -2.10. The van der Waals surface area contributed by atoms with Gasteiger partial charge in [-0.1, -0.05) is 19.9 Å². The van der Waals surface area contributed by atoms with Crippen LogP contribution in [0.4, 0.5) is 0 Å². The fraction of sp³-hybridized carbons (Fsp3) is 0.474. The summed E-state index contributed by atoms with van der Waals surface area (Å²) in [6.07, 6.45) is 5.19. The highest BCUT2D eigenvalue weighted by atomic mass is 16.1. The third-order valence-electron chi connectivity index (χ3n) is 3.74. The fourth-order valence-corrected chi connectivity index (χ4v) is 2.40. The SMILES string of the molecule is CC(C)CC(=O)c1cccc(C(=O)CCc2cnn(C(C)C)c2)n1. The lowest BCUT2D eigenvalue weighted by Gasteiger charge is -2.05. The van der Waals surface area contributed by atoms with Crippen molar-refractivity contribution in [1.29, 1.82) is 0 Å². The van der Waals surface area contributed by atoms with Gasteiger partial charge in [-0.25, -0.2) is 4.98 Å². The topological polar surface area (TPSA) is 64.8 Å². The number of carbonyl (C=O) groups is 2. The molecule has 0 saturated carbocycles. The number of aromatic nitrogens is 3. The Morgan fingerprint density at radius 3 is 2.33 bits per heavy atom. The van der Waals surface area contributed by atoms with Gasteiger partial charge in [-0.15, -0.1) is 0 Å². The van der Waals surface area contributed by atoms with E-state index in [4.69, 9.17) is 0 Å². The van der Waals surface area contributed by atoms with Gasteiger partial charge in [0.1, 0.15) is 11.4 Å². The first-order valence-electron chi connectivity index (χ1n) is 8.43. The summed E-state index contributed by atoms with van der Waals surface area (Å²) in [5.74, 6) is 0.209. The molecule has 0 aliphatic heterocycles. The molecule has 2 rings (SSSR count). The van der Waals surface area contributed by atoms with Crippen molar-refractivity contribution in [2.24, 2.45) is 5.92 Å². The molecule has 5 heteroatoms. The summed E-state index contributed by atoms with van der Waals surface area (Å²) in [6.45, 7) is 8.10. The Morgan fingerprint density at radius 2 is 1.75 bits per heavy atom. The summed E-state index contributed by atoms with van der Waals surface area (Å²) in [6, 6.07) is 5.38. The molecular weight excluding hydrogens is 302 g/mol. The number of Topliss-reactive ketones (excluding diaryl/α,β-unsaturated/α-hetero) is 2. The van der Waals surface area contributed by atoms with E-state index >= 15 is 0 Å². The summed E-state index contributed by atoms with van der Waals surface area (Å²) in [7, 11) is 0. The minimum atomic E-state index is -0.0495. The molecule has 0 unspecified atom stereocenters. The van der Waals surface area contributed by atoms with E-state index in [2.05, 4.69) is 23.9 Å². The number of pyridine rings is 1. The summed E-state index contributed by atoms with van der Waals surface area (Å²) < 4.78 is 1.88. The quantitative estimate of drug-likeness (QED) is 0.690. The smallest absolute Gasteiger partial charge is 0.181 e. The van der Waals surface area contributed by atoms with Gasteiger partial charge in [0.2, 0.25) is 0 Å². The Morgan fingerprint density at radius 1 is 1.08 bits per heavy atom. The first-order chi connectivity index (χ1) is 11.4. The van der Waals surface area contributed by atoms with E-state index in [9.17, 15) is 9.59 Å². The molecule has 0 spiro atoms. The molecule has 0 atom stereocenters. The average molecular weight is 327 g/mol. The molecule has 0 aliphatic carbocycles. The van der Waals surface area contributed by atoms with E-state index in [1.165, 1.54) is 0 Å². The van der Waals surface area contributed by atoms with Gasteiger partial charge in [0.15, 0.2) is 11.6 Å². The Balaban J connectivity index is 2.00. The number of hydrogen-bond donors (Lipinski definition) is 0. The van der Waals surface area contributed by atoms with Crippen LogP contribution in [0.15, 0.2) is 30.6 Å². The molecule has 0 amide bonds. The van der Waals surface area contributed by atoms with E-state index in [0.29, 0.717) is 36.7 Å². The molecule has 0 aliphatic rings. The monoisotopic (exact) mass is 327 g/mol. The molecule has 128 valence electrons. The summed E-state index contributed by atoms with van der Waals surface area (Å²) in [5.41, 5.74) is 1.77. The second kappa shape index (κ2) is 7.99. The van der Waals surface area contributed by atoms with Crippen LogP contribution in [-0.4, -0.2) is 26.3 Å². The molecule has 2 aromatic heterocycles. The zero-order chi connectivity index (χ0) is 17.7. The number of rotatable bonds is 8. The highest BCUT2D eigenvalue weighted by molar-refractivity contribution is 5.98. The predicted octanol–water partition coefficient (Wildman–Crippen LogP) is 3.90. The Hall–Kier alpha value is -2.30. The van der Waals surface area contributed by atoms with Crippen molar-refractivity contribution in [2.75, 3.05) is 0 Å². The van der Waals surface area contributed by atoms with Gasteiger partial charge in [0.05, 0.1) is 6.20 Å². The van der Waals surface area contributed by atoms with Crippen molar-refractivity contribution < 1.29 is 9.59 Å². The van der Waals surface area contributed by atoms with Crippen molar-refractivity contribution in [1.82, 2.24) is 14.8 Å². The van der Waals surface area contributed by atoms with Crippen LogP contribution < -0.4 is 0 Å². The van der Waals surface area contributed by atoms with Gasteiger partial charge in [-0.2, -0.15) is 5.10 Å². The van der Waals surface area contributed by atoms with Gasteiger partial charge in [-0.3, -0.25) is 14.3 Å². The molecular formula is C19H25N3O2. The van der Waals surface area contributed by atoms with Crippen molar-refractivity contribution in [3.63, 3.8) is 0 Å². The molecule has 0 saturated heterocycles. The van der Waals surface area contributed by atoms with Crippen molar-refractivity contribution in [3.8, 4) is 0 Å². The molecule has 0 bridgehead atoms. The predicted molar refractivity (Wildman–Crippen MR) is 93.3 cm³/mol. The van der Waals surface area contributed by atoms with Crippen LogP contribution in [0.1, 0.15) is 73.1 Å². The van der Waals surface area contributed by atoms with E-state index in [1.54, 1.807) is 24.4 Å². The van der Waals surface area contributed by atoms with Crippen LogP contribution >= 0.6 is 0 Å². The molecule has 2 aromatic rings. The van der Waals surface area contributed by atoms with E-state index in [0.717, 1.165) is 5.56 Å². The first kappa shape index (κ1) is 18.0. The van der Waals surface area contributed by atoms with E-state index in [-0.39, 0.29) is 17.5 Å². The first-order valence-corrected chi connectivity index (χ1v) is 8.43. The zero-order valence-corrected chi connectivity index (χ0v) is 14.8. The minimum absolute atomic E-state index is 0.0159. The maximum atomic E-state index is 12.4. The maximum absolute atomic E-state index is 12.4. The molecule has 0 radical (unpaired) electrons. The number of nitrogens with zero attached hydrogens (tertiary/aromatic N) is 3. The van der Waals surface area contributed by atoms with Crippen molar-refractivity contribution in [2.45, 2.75) is 53.0 Å². The second-order valence-electron chi connectivity index (χ2n) is 6.77. The highest BCUT2D eigenvalue weighted by Gasteiger charge is 2.14. The van der Waals surface area contributed by atoms with Crippen LogP contribution in [0.25, 0.3) is 0 Å². The summed E-state index contributed by atoms with van der Waals surface area (Å²) in [4.78, 5) is 28.7. The average Bonchev–Trinajstić information content (AvgIpc) is 3.01. The Bertz CT molecular complexity index is 717. The lowest BCUT2D eigenvalue weighted by atomic mass is 10.0. The van der Waals surface area contributed by atoms with E-state index < -0.39 is 0 Å². The highest BCUT2D eigenvalue weighted by Crippen LogP contribution is 2.12. The van der Waals surface area contributed by atoms with E-state index in [1.807, 2.05) is 24.7 Å². The van der Waals surface area contributed by atoms with Gasteiger partial charge >= 0.3 is 0 Å². The molecule has 5 nitrogen and oxygen atoms in total. The molecule has 0 N–H and O–H groups in total. The van der Waals surface area contributed by atoms with Crippen LogP contribution in [0.5, 0.6) is 0 Å². The molecule has 0 aromatic carbocycles. The standard InChI is InChI=1S/C19H25N3O2/c1-13(2)10-19(24)17-7-5-6-16(21-17)18(23)9-8-15-11-20-22(12-15)14(3)4/h5-7,11-14H,8-10H2,1-4H3. The van der Waals surface area contributed by atoms with Gasteiger partial charge < -0.3 is 0 Å². The fourth-order valence-electron chi connectivity index (χ4n) is 2.40. The van der Waals surface area contributed by atoms with Crippen LogP contribution in [0.2, 0.25) is 0 Å². The molecule has 2 heterocycles. The van der Waals surface area contributed by atoms with Gasteiger partial charge in [-0.05, 0) is 43.9 Å².